The van der Waals surface area contributed by atoms with Crippen LogP contribution in [0.2, 0.25) is 0 Å². The fraction of sp³-hybridized carbons (Fsp3) is 0.619. The van der Waals surface area contributed by atoms with Gasteiger partial charge in [0.25, 0.3) is 0 Å². The molecule has 0 bridgehead atoms. The summed E-state index contributed by atoms with van der Waals surface area (Å²) in [7, 11) is 0. The summed E-state index contributed by atoms with van der Waals surface area (Å²) in [6.07, 6.45) is 0.401. The number of ether oxygens (including phenoxy) is 1. The van der Waals surface area contributed by atoms with Crippen molar-refractivity contribution >= 4 is 12.0 Å². The van der Waals surface area contributed by atoms with Crippen LogP contribution in [0.4, 0.5) is 13.6 Å². The van der Waals surface area contributed by atoms with Crippen LogP contribution in [0.3, 0.4) is 0 Å². The van der Waals surface area contributed by atoms with E-state index in [1.165, 1.54) is 0 Å². The molecule has 0 saturated carbocycles. The van der Waals surface area contributed by atoms with Crippen LogP contribution in [-0.2, 0) is 16.0 Å². The number of likely N-dealkylation sites (tertiary alicyclic amines) is 1. The molecule has 1 aliphatic heterocycles. The Kier molecular flexibility index (Phi) is 6.67. The fourth-order valence-corrected chi connectivity index (χ4v) is 3.42. The number of amides is 2. The molecular formula is C21H30F2N2O3. The lowest BCUT2D eigenvalue weighted by Crippen LogP contribution is -2.57. The van der Waals surface area contributed by atoms with Crippen molar-refractivity contribution in [1.82, 2.24) is 10.2 Å². The van der Waals surface area contributed by atoms with Crippen LogP contribution < -0.4 is 5.32 Å². The highest BCUT2D eigenvalue weighted by molar-refractivity contribution is 5.76. The summed E-state index contributed by atoms with van der Waals surface area (Å²) in [5, 5.41) is 2.91. The van der Waals surface area contributed by atoms with Gasteiger partial charge in [-0.05, 0) is 57.4 Å². The molecule has 1 N–H and O–H groups in total. The molecule has 2 rings (SSSR count). The van der Waals surface area contributed by atoms with Crippen LogP contribution in [0, 0.1) is 17.0 Å². The topological polar surface area (TPSA) is 58.6 Å². The van der Waals surface area contributed by atoms with Crippen molar-refractivity contribution in [2.45, 2.75) is 65.5 Å². The molecule has 2 amide bonds. The summed E-state index contributed by atoms with van der Waals surface area (Å²) in [5.74, 6) is -1.12. The van der Waals surface area contributed by atoms with Crippen molar-refractivity contribution in [2.24, 2.45) is 5.41 Å². The number of benzene rings is 1. The molecule has 1 fully saturated rings. The summed E-state index contributed by atoms with van der Waals surface area (Å²) in [5.41, 5.74) is -0.708. The normalized spacial score (nSPS) is 19.2. The van der Waals surface area contributed by atoms with Crippen molar-refractivity contribution in [2.75, 3.05) is 13.1 Å². The maximum Gasteiger partial charge on any atom is 0.407 e. The third-order valence-electron chi connectivity index (χ3n) is 4.89. The first-order valence-corrected chi connectivity index (χ1v) is 9.58. The molecule has 1 heterocycles. The van der Waals surface area contributed by atoms with Crippen LogP contribution in [0.15, 0.2) is 18.2 Å². The van der Waals surface area contributed by atoms with Crippen LogP contribution >= 0.6 is 0 Å². The molecule has 1 aromatic carbocycles. The Bertz CT molecular complexity index is 729. The molecule has 0 radical (unpaired) electrons. The van der Waals surface area contributed by atoms with E-state index in [9.17, 15) is 18.4 Å². The second-order valence-electron chi connectivity index (χ2n) is 9.03. The van der Waals surface area contributed by atoms with Gasteiger partial charge in [-0.25, -0.2) is 13.6 Å². The molecule has 1 aliphatic rings. The van der Waals surface area contributed by atoms with Crippen LogP contribution in [0.5, 0.6) is 0 Å². The van der Waals surface area contributed by atoms with Gasteiger partial charge in [0.1, 0.15) is 17.2 Å². The van der Waals surface area contributed by atoms with Gasteiger partial charge in [-0.3, -0.25) is 4.79 Å². The smallest absolute Gasteiger partial charge is 0.407 e. The van der Waals surface area contributed by atoms with Gasteiger partial charge in [-0.15, -0.1) is 0 Å². The molecular weight excluding hydrogens is 366 g/mol. The Morgan fingerprint density at radius 2 is 1.96 bits per heavy atom. The van der Waals surface area contributed by atoms with Crippen LogP contribution in [0.1, 0.15) is 53.0 Å². The Morgan fingerprint density at radius 3 is 2.57 bits per heavy atom. The molecule has 1 saturated heterocycles. The second-order valence-corrected chi connectivity index (χ2v) is 9.03. The second kappa shape index (κ2) is 8.45. The lowest BCUT2D eigenvalue weighted by molar-refractivity contribution is -0.134. The molecule has 0 aromatic heterocycles. The number of carbonyl (C=O) groups excluding carboxylic acids is 2. The number of alkyl carbamates (subject to hydrolysis) is 1. The van der Waals surface area contributed by atoms with Gasteiger partial charge in [0.2, 0.25) is 5.91 Å². The van der Waals surface area contributed by atoms with Gasteiger partial charge in [0.05, 0.1) is 0 Å². The number of aryl methyl sites for hydroxylation is 1. The number of piperidine rings is 1. The molecule has 0 aliphatic carbocycles. The largest absolute Gasteiger partial charge is 0.444 e. The molecule has 5 nitrogen and oxygen atoms in total. The van der Waals surface area contributed by atoms with Gasteiger partial charge in [-0.2, -0.15) is 0 Å². The zero-order valence-electron chi connectivity index (χ0n) is 17.3. The first kappa shape index (κ1) is 22.1. The monoisotopic (exact) mass is 396 g/mol. The average molecular weight is 396 g/mol. The van der Waals surface area contributed by atoms with Gasteiger partial charge in [-0.1, -0.05) is 13.8 Å². The summed E-state index contributed by atoms with van der Waals surface area (Å²) in [6.45, 7) is 10.4. The lowest BCUT2D eigenvalue weighted by Gasteiger charge is -2.44. The number of nitrogens with zero attached hydrogens (tertiary/aromatic N) is 1. The minimum atomic E-state index is -0.572. The summed E-state index contributed by atoms with van der Waals surface area (Å²) in [6, 6.07) is 3.15. The third-order valence-corrected chi connectivity index (χ3v) is 4.89. The highest BCUT2D eigenvalue weighted by Gasteiger charge is 2.38. The Labute approximate surface area is 165 Å². The van der Waals surface area contributed by atoms with Crippen molar-refractivity contribution in [3.05, 3.63) is 35.4 Å². The average Bonchev–Trinajstić information content (AvgIpc) is 2.55. The summed E-state index contributed by atoms with van der Waals surface area (Å²) in [4.78, 5) is 26.4. The predicted molar refractivity (Wildman–Crippen MR) is 103 cm³/mol. The van der Waals surface area contributed by atoms with E-state index < -0.39 is 23.3 Å². The van der Waals surface area contributed by atoms with Crippen molar-refractivity contribution in [3.8, 4) is 0 Å². The maximum absolute atomic E-state index is 13.7. The fourth-order valence-electron chi connectivity index (χ4n) is 3.42. The van der Waals surface area contributed by atoms with Crippen molar-refractivity contribution in [1.29, 1.82) is 0 Å². The number of hydrogen-bond acceptors (Lipinski definition) is 3. The standard InChI is InChI=1S/C21H30F2N2O3/c1-20(2,3)28-19(27)24-17-10-11-25(13-21(17,4)5)18(26)9-6-14-12-15(22)7-8-16(14)23/h7-8,12,17H,6,9-11,13H2,1-5H3,(H,24,27). The van der Waals surface area contributed by atoms with E-state index in [1.807, 2.05) is 13.8 Å². The van der Waals surface area contributed by atoms with Crippen LogP contribution in [0.25, 0.3) is 0 Å². The minimum Gasteiger partial charge on any atom is -0.444 e. The summed E-state index contributed by atoms with van der Waals surface area (Å²) < 4.78 is 32.3. The summed E-state index contributed by atoms with van der Waals surface area (Å²) >= 11 is 0. The SMILES string of the molecule is CC(C)(C)OC(=O)NC1CCN(C(=O)CCc2cc(F)ccc2F)CC1(C)C. The lowest BCUT2D eigenvalue weighted by atomic mass is 9.79. The Morgan fingerprint density at radius 1 is 1.29 bits per heavy atom. The molecule has 28 heavy (non-hydrogen) atoms. The predicted octanol–water partition coefficient (Wildman–Crippen LogP) is 4.05. The molecule has 156 valence electrons. The highest BCUT2D eigenvalue weighted by Crippen LogP contribution is 2.30. The van der Waals surface area contributed by atoms with Gasteiger partial charge < -0.3 is 15.0 Å². The molecule has 7 heteroatoms. The Hall–Kier alpha value is -2.18. The van der Waals surface area contributed by atoms with E-state index in [4.69, 9.17) is 4.74 Å². The van der Waals surface area contributed by atoms with E-state index in [-0.39, 0.29) is 35.8 Å². The van der Waals surface area contributed by atoms with E-state index in [0.29, 0.717) is 19.5 Å². The van der Waals surface area contributed by atoms with Gasteiger partial charge >= 0.3 is 6.09 Å². The number of hydrogen-bond donors (Lipinski definition) is 1. The maximum atomic E-state index is 13.7. The quantitative estimate of drug-likeness (QED) is 0.835. The highest BCUT2D eigenvalue weighted by atomic mass is 19.1. The van der Waals surface area contributed by atoms with Gasteiger partial charge in [0, 0.05) is 31.0 Å². The van der Waals surface area contributed by atoms with Gasteiger partial charge in [0.15, 0.2) is 0 Å². The van der Waals surface area contributed by atoms with Crippen molar-refractivity contribution < 1.29 is 23.1 Å². The number of carbonyl (C=O) groups is 2. The van der Waals surface area contributed by atoms with E-state index in [1.54, 1.807) is 25.7 Å². The number of rotatable bonds is 4. The van der Waals surface area contributed by atoms with E-state index >= 15 is 0 Å². The van der Waals surface area contributed by atoms with E-state index in [2.05, 4.69) is 5.32 Å². The molecule has 0 spiro atoms. The first-order chi connectivity index (χ1) is 12.9. The zero-order valence-corrected chi connectivity index (χ0v) is 17.3. The first-order valence-electron chi connectivity index (χ1n) is 9.58. The molecule has 1 atom stereocenters. The number of nitrogens with one attached hydrogen (secondary N) is 1. The van der Waals surface area contributed by atoms with Crippen LogP contribution in [-0.4, -0.2) is 41.6 Å². The molecule has 1 aromatic rings. The third kappa shape index (κ3) is 6.17. The molecule has 1 unspecified atom stereocenters. The van der Waals surface area contributed by atoms with E-state index in [0.717, 1.165) is 18.2 Å². The van der Waals surface area contributed by atoms with Crippen molar-refractivity contribution in [3.63, 3.8) is 0 Å². The minimum absolute atomic E-state index is 0.104. The zero-order chi connectivity index (χ0) is 21.1. The number of halogens is 2. The Balaban J connectivity index is 1.91.